The van der Waals surface area contributed by atoms with Gasteiger partial charge in [0.15, 0.2) is 5.82 Å². The van der Waals surface area contributed by atoms with Gasteiger partial charge in [-0.2, -0.15) is 0 Å². The number of carbonyl (C=O) groups excluding carboxylic acids is 1. The molecule has 6 nitrogen and oxygen atoms in total. The predicted molar refractivity (Wildman–Crippen MR) is 106 cm³/mol. The summed E-state index contributed by atoms with van der Waals surface area (Å²) >= 11 is 3.17. The number of benzene rings is 1. The van der Waals surface area contributed by atoms with E-state index in [1.165, 1.54) is 35.9 Å². The van der Waals surface area contributed by atoms with E-state index >= 15 is 0 Å². The van der Waals surface area contributed by atoms with E-state index in [1.807, 2.05) is 23.1 Å². The molecule has 2 aromatic rings. The van der Waals surface area contributed by atoms with Crippen LogP contribution in [0.2, 0.25) is 0 Å². The van der Waals surface area contributed by atoms with Crippen LogP contribution in [-0.4, -0.2) is 38.8 Å². The minimum absolute atomic E-state index is 0.0879. The molecule has 1 saturated carbocycles. The molecule has 0 bridgehead atoms. The number of nitrogen functional groups attached to an aromatic ring is 1. The van der Waals surface area contributed by atoms with E-state index < -0.39 is 0 Å². The fraction of sp³-hybridized carbons (Fsp3) is 0.500. The van der Waals surface area contributed by atoms with E-state index in [4.69, 9.17) is 5.84 Å². The van der Waals surface area contributed by atoms with Gasteiger partial charge in [-0.25, -0.2) is 4.68 Å². The minimum atomic E-state index is 0.0879. The second-order valence-electron chi connectivity index (χ2n) is 6.70. The van der Waals surface area contributed by atoms with Crippen LogP contribution in [0.4, 0.5) is 5.69 Å². The van der Waals surface area contributed by atoms with Gasteiger partial charge in [-0.3, -0.25) is 4.79 Å². The summed E-state index contributed by atoms with van der Waals surface area (Å²) in [5, 5.41) is 9.16. The highest BCUT2D eigenvalue weighted by Gasteiger charge is 2.25. The molecule has 2 aliphatic rings. The maximum Gasteiger partial charge on any atom is 0.237 e. The van der Waals surface area contributed by atoms with E-state index in [2.05, 4.69) is 16.3 Å². The predicted octanol–water partition coefficient (Wildman–Crippen LogP) is 3.27. The molecule has 0 radical (unpaired) electrons. The lowest BCUT2D eigenvalue weighted by atomic mass is 9.89. The molecule has 2 N–H and O–H groups in total. The van der Waals surface area contributed by atoms with Crippen LogP contribution in [0.3, 0.4) is 0 Å². The number of nitrogens with two attached hydrogens (primary N) is 1. The van der Waals surface area contributed by atoms with Crippen molar-refractivity contribution in [3.05, 3.63) is 30.1 Å². The van der Waals surface area contributed by atoms with Crippen molar-refractivity contribution in [3.8, 4) is 0 Å². The van der Waals surface area contributed by atoms with Gasteiger partial charge in [0, 0.05) is 23.1 Å². The number of hydrogen-bond acceptors (Lipinski definition) is 6. The Morgan fingerprint density at radius 1 is 1.23 bits per heavy atom. The molecule has 1 amide bonds. The van der Waals surface area contributed by atoms with Crippen molar-refractivity contribution >= 4 is 35.1 Å². The number of anilines is 1. The molecule has 8 heteroatoms. The summed E-state index contributed by atoms with van der Waals surface area (Å²) in [7, 11) is 0. The topological polar surface area (TPSA) is 77.0 Å². The zero-order chi connectivity index (χ0) is 17.9. The summed E-state index contributed by atoms with van der Waals surface area (Å²) in [6, 6.07) is 8.07. The van der Waals surface area contributed by atoms with Crippen LogP contribution in [0.5, 0.6) is 0 Å². The molecule has 1 fully saturated rings. The van der Waals surface area contributed by atoms with Crippen molar-refractivity contribution < 1.29 is 4.79 Å². The fourth-order valence-corrected chi connectivity index (χ4v) is 5.39. The molecule has 138 valence electrons. The van der Waals surface area contributed by atoms with Crippen LogP contribution in [-0.2, 0) is 4.79 Å². The van der Waals surface area contributed by atoms with Gasteiger partial charge in [0.05, 0.1) is 11.4 Å². The van der Waals surface area contributed by atoms with Crippen molar-refractivity contribution in [2.45, 2.75) is 48.1 Å². The summed E-state index contributed by atoms with van der Waals surface area (Å²) in [5.41, 5.74) is 1.01. The molecule has 1 aliphatic heterocycles. The van der Waals surface area contributed by atoms with Crippen LogP contribution < -0.4 is 10.7 Å². The Balaban J connectivity index is 1.42. The molecule has 4 rings (SSSR count). The van der Waals surface area contributed by atoms with Crippen molar-refractivity contribution in [3.63, 3.8) is 0 Å². The molecule has 0 saturated heterocycles. The summed E-state index contributed by atoms with van der Waals surface area (Å²) in [4.78, 5) is 15.8. The van der Waals surface area contributed by atoms with Gasteiger partial charge in [-0.15, -0.1) is 22.0 Å². The van der Waals surface area contributed by atoms with Gasteiger partial charge < -0.3 is 10.7 Å². The first-order valence-corrected chi connectivity index (χ1v) is 11.1. The maximum absolute atomic E-state index is 12.8. The Kier molecular flexibility index (Phi) is 5.40. The summed E-state index contributed by atoms with van der Waals surface area (Å²) < 4.78 is 1.59. The quantitative estimate of drug-likeness (QED) is 0.639. The lowest BCUT2D eigenvalue weighted by Gasteiger charge is -2.28. The third kappa shape index (κ3) is 3.57. The fourth-order valence-electron chi connectivity index (χ4n) is 3.66. The van der Waals surface area contributed by atoms with Crippen LogP contribution in [0.1, 0.15) is 43.8 Å². The van der Waals surface area contributed by atoms with E-state index in [0.29, 0.717) is 16.8 Å². The number of carbonyl (C=O) groups is 1. The van der Waals surface area contributed by atoms with Gasteiger partial charge in [0.1, 0.15) is 0 Å². The van der Waals surface area contributed by atoms with Gasteiger partial charge in [0.2, 0.25) is 11.1 Å². The smallest absolute Gasteiger partial charge is 0.237 e. The minimum Gasteiger partial charge on any atom is -0.336 e. The SMILES string of the molecule is Nn1c(SCC(=O)N2CCSc3ccccc32)nnc1C1CCCCC1. The second kappa shape index (κ2) is 7.92. The molecule has 26 heavy (non-hydrogen) atoms. The standard InChI is InChI=1S/C18H23N5OS2/c19-23-17(13-6-2-1-3-7-13)20-21-18(23)26-12-16(24)22-10-11-25-15-9-5-4-8-14(15)22/h4-5,8-9,13H,1-3,6-7,10-12,19H2. The Bertz CT molecular complexity index is 788. The Morgan fingerprint density at radius 2 is 2.04 bits per heavy atom. The highest BCUT2D eigenvalue weighted by atomic mass is 32.2. The molecule has 1 aromatic heterocycles. The lowest BCUT2D eigenvalue weighted by molar-refractivity contribution is -0.116. The Morgan fingerprint density at radius 3 is 2.88 bits per heavy atom. The number of amides is 1. The Hall–Kier alpha value is -1.67. The van der Waals surface area contributed by atoms with Gasteiger partial charge in [-0.05, 0) is 25.0 Å². The number of hydrogen-bond donors (Lipinski definition) is 1. The molecular weight excluding hydrogens is 366 g/mol. The van der Waals surface area contributed by atoms with Crippen molar-refractivity contribution in [1.29, 1.82) is 0 Å². The lowest BCUT2D eigenvalue weighted by Crippen LogP contribution is -2.36. The number of nitrogens with zero attached hydrogens (tertiary/aromatic N) is 4. The normalized spacial score (nSPS) is 17.9. The van der Waals surface area contributed by atoms with Crippen LogP contribution in [0.15, 0.2) is 34.3 Å². The first-order chi connectivity index (χ1) is 12.7. The van der Waals surface area contributed by atoms with Crippen LogP contribution in [0.25, 0.3) is 0 Å². The van der Waals surface area contributed by atoms with E-state index in [-0.39, 0.29) is 5.91 Å². The second-order valence-corrected chi connectivity index (χ2v) is 8.78. The highest BCUT2D eigenvalue weighted by molar-refractivity contribution is 8.00. The number of fused-ring (bicyclic) bond motifs is 1. The van der Waals surface area contributed by atoms with Crippen molar-refractivity contribution in [1.82, 2.24) is 14.9 Å². The summed E-state index contributed by atoms with van der Waals surface area (Å²) in [6.07, 6.45) is 6.00. The third-order valence-electron chi connectivity index (χ3n) is 5.02. The first-order valence-electron chi connectivity index (χ1n) is 9.09. The average Bonchev–Trinajstić information content (AvgIpc) is 3.07. The molecule has 1 aromatic carbocycles. The molecule has 1 aliphatic carbocycles. The Labute approximate surface area is 161 Å². The monoisotopic (exact) mass is 389 g/mol. The molecule has 0 unspecified atom stereocenters. The average molecular weight is 390 g/mol. The highest BCUT2D eigenvalue weighted by Crippen LogP contribution is 2.35. The van der Waals surface area contributed by atoms with Crippen molar-refractivity contribution in [2.24, 2.45) is 0 Å². The van der Waals surface area contributed by atoms with Gasteiger partial charge in [0.25, 0.3) is 0 Å². The van der Waals surface area contributed by atoms with Crippen LogP contribution >= 0.6 is 23.5 Å². The van der Waals surface area contributed by atoms with Crippen LogP contribution in [0, 0.1) is 0 Å². The largest absolute Gasteiger partial charge is 0.336 e. The van der Waals surface area contributed by atoms with E-state index in [1.54, 1.807) is 16.4 Å². The molecule has 0 atom stereocenters. The molecule has 0 spiro atoms. The number of thioether (sulfide) groups is 2. The summed E-state index contributed by atoms with van der Waals surface area (Å²) in [5.74, 6) is 8.81. The maximum atomic E-state index is 12.8. The zero-order valence-corrected chi connectivity index (χ0v) is 16.3. The van der Waals surface area contributed by atoms with E-state index in [9.17, 15) is 4.79 Å². The summed E-state index contributed by atoms with van der Waals surface area (Å²) in [6.45, 7) is 0.740. The van der Waals surface area contributed by atoms with E-state index in [0.717, 1.165) is 36.7 Å². The first kappa shape index (κ1) is 17.7. The van der Waals surface area contributed by atoms with Gasteiger partial charge in [-0.1, -0.05) is 43.2 Å². The van der Waals surface area contributed by atoms with Crippen molar-refractivity contribution in [2.75, 3.05) is 28.8 Å². The number of rotatable bonds is 4. The molecular formula is C18H23N5OS2. The number of para-hydroxylation sites is 1. The zero-order valence-electron chi connectivity index (χ0n) is 14.6. The molecule has 2 heterocycles. The third-order valence-corrected chi connectivity index (χ3v) is 6.99. The number of aromatic nitrogens is 3. The van der Waals surface area contributed by atoms with Gasteiger partial charge >= 0.3 is 0 Å².